The van der Waals surface area contributed by atoms with Crippen molar-refractivity contribution in [1.82, 2.24) is 10.3 Å². The lowest BCUT2D eigenvalue weighted by Gasteiger charge is -2.16. The van der Waals surface area contributed by atoms with E-state index in [-0.39, 0.29) is 18.9 Å². The minimum Gasteiger partial charge on any atom is -0.483 e. The molecule has 1 heterocycles. The van der Waals surface area contributed by atoms with Crippen molar-refractivity contribution in [1.29, 1.82) is 0 Å². The number of carbonyl (C=O) groups is 2. The van der Waals surface area contributed by atoms with Gasteiger partial charge in [-0.05, 0) is 29.2 Å². The Morgan fingerprint density at radius 2 is 1.82 bits per heavy atom. The lowest BCUT2D eigenvalue weighted by Crippen LogP contribution is -2.44. The van der Waals surface area contributed by atoms with Gasteiger partial charge in [0.2, 0.25) is 0 Å². The number of hydrogen-bond donors (Lipinski definition) is 3. The Bertz CT molecular complexity index is 977. The number of carbonyl (C=O) groups excluding carboxylic acids is 1. The second kappa shape index (κ2) is 8.61. The summed E-state index contributed by atoms with van der Waals surface area (Å²) in [6.07, 6.45) is 1.97. The largest absolute Gasteiger partial charge is 0.483 e. The average molecular weight is 380 g/mol. The maximum atomic E-state index is 12.3. The van der Waals surface area contributed by atoms with Gasteiger partial charge < -0.3 is 20.1 Å². The lowest BCUT2D eigenvalue weighted by atomic mass is 10.0. The second-order valence-corrected chi connectivity index (χ2v) is 7.00. The van der Waals surface area contributed by atoms with Crippen molar-refractivity contribution in [2.45, 2.75) is 32.2 Å². The van der Waals surface area contributed by atoms with E-state index >= 15 is 0 Å². The Labute approximate surface area is 163 Å². The van der Waals surface area contributed by atoms with Crippen molar-refractivity contribution in [2.75, 3.05) is 6.61 Å². The fourth-order valence-corrected chi connectivity index (χ4v) is 3.19. The van der Waals surface area contributed by atoms with Crippen LogP contribution >= 0.6 is 0 Å². The van der Waals surface area contributed by atoms with Crippen LogP contribution in [0.5, 0.6) is 5.75 Å². The number of amides is 1. The predicted molar refractivity (Wildman–Crippen MR) is 108 cm³/mol. The second-order valence-electron chi connectivity index (χ2n) is 7.00. The van der Waals surface area contributed by atoms with Crippen LogP contribution in [0.1, 0.15) is 30.9 Å². The highest BCUT2D eigenvalue weighted by atomic mass is 16.5. The Balaban J connectivity index is 1.64. The fourth-order valence-electron chi connectivity index (χ4n) is 3.19. The molecule has 6 nitrogen and oxygen atoms in total. The molecule has 1 aromatic heterocycles. The highest BCUT2D eigenvalue weighted by Crippen LogP contribution is 2.25. The Kier molecular flexibility index (Phi) is 5.99. The van der Waals surface area contributed by atoms with E-state index in [1.807, 2.05) is 62.4 Å². The summed E-state index contributed by atoms with van der Waals surface area (Å²) >= 11 is 0. The first-order valence-corrected chi connectivity index (χ1v) is 9.24. The molecule has 3 rings (SSSR count). The van der Waals surface area contributed by atoms with E-state index in [0.29, 0.717) is 5.75 Å². The third-order valence-corrected chi connectivity index (χ3v) is 4.63. The van der Waals surface area contributed by atoms with Crippen molar-refractivity contribution in [3.63, 3.8) is 0 Å². The third kappa shape index (κ3) is 4.52. The maximum Gasteiger partial charge on any atom is 0.326 e. The van der Waals surface area contributed by atoms with E-state index in [2.05, 4.69) is 10.3 Å². The summed E-state index contributed by atoms with van der Waals surface area (Å²) < 4.78 is 5.64. The number of carboxylic acid groups (broad SMARTS) is 1. The van der Waals surface area contributed by atoms with Crippen molar-refractivity contribution in [3.05, 3.63) is 65.9 Å². The van der Waals surface area contributed by atoms with Crippen LogP contribution in [0.3, 0.4) is 0 Å². The molecule has 0 radical (unpaired) electrons. The van der Waals surface area contributed by atoms with Gasteiger partial charge in [-0.2, -0.15) is 0 Å². The highest BCUT2D eigenvalue weighted by Gasteiger charge is 2.22. The van der Waals surface area contributed by atoms with Crippen LogP contribution in [-0.2, 0) is 16.0 Å². The maximum absolute atomic E-state index is 12.3. The molecule has 146 valence electrons. The van der Waals surface area contributed by atoms with Gasteiger partial charge in [-0.3, -0.25) is 4.79 Å². The van der Waals surface area contributed by atoms with Crippen LogP contribution < -0.4 is 10.1 Å². The molecule has 0 spiro atoms. The van der Waals surface area contributed by atoms with Crippen LogP contribution in [0.25, 0.3) is 10.9 Å². The number of fused-ring (bicyclic) bond motifs is 1. The van der Waals surface area contributed by atoms with E-state index in [1.54, 1.807) is 6.20 Å². The summed E-state index contributed by atoms with van der Waals surface area (Å²) in [6, 6.07) is 14.1. The molecule has 1 atom stereocenters. The molecule has 1 unspecified atom stereocenters. The Hall–Kier alpha value is -3.28. The highest BCUT2D eigenvalue weighted by molar-refractivity contribution is 5.87. The topological polar surface area (TPSA) is 91.4 Å². The zero-order valence-electron chi connectivity index (χ0n) is 15.9. The van der Waals surface area contributed by atoms with Gasteiger partial charge in [0, 0.05) is 23.5 Å². The predicted octanol–water partition coefficient (Wildman–Crippen LogP) is 3.48. The Morgan fingerprint density at radius 1 is 1.11 bits per heavy atom. The van der Waals surface area contributed by atoms with Gasteiger partial charge >= 0.3 is 5.97 Å². The molecule has 3 N–H and O–H groups in total. The monoisotopic (exact) mass is 380 g/mol. The van der Waals surface area contributed by atoms with Crippen LogP contribution in [-0.4, -0.2) is 34.6 Å². The summed E-state index contributed by atoms with van der Waals surface area (Å²) in [5, 5.41) is 13.0. The van der Waals surface area contributed by atoms with Gasteiger partial charge in [-0.25, -0.2) is 4.79 Å². The summed E-state index contributed by atoms with van der Waals surface area (Å²) in [6.45, 7) is 3.86. The van der Waals surface area contributed by atoms with Crippen molar-refractivity contribution in [2.24, 2.45) is 0 Å². The van der Waals surface area contributed by atoms with E-state index in [0.717, 1.165) is 22.0 Å². The minimum absolute atomic E-state index is 0.188. The normalized spacial score (nSPS) is 12.1. The van der Waals surface area contributed by atoms with Crippen molar-refractivity contribution >= 4 is 22.8 Å². The molecule has 3 aromatic rings. The van der Waals surface area contributed by atoms with E-state index < -0.39 is 17.9 Å². The van der Waals surface area contributed by atoms with Gasteiger partial charge in [0.15, 0.2) is 6.61 Å². The van der Waals surface area contributed by atoms with Gasteiger partial charge in [-0.15, -0.1) is 0 Å². The Morgan fingerprint density at radius 3 is 2.57 bits per heavy atom. The average Bonchev–Trinajstić information content (AvgIpc) is 3.09. The standard InChI is InChI=1S/C22H24N2O4/c1-14(2)16-7-4-6-10-20(16)28-13-21(25)24-19(22(26)27)11-15-12-23-18-9-5-3-8-17(15)18/h3-10,12,14,19,23H,11,13H2,1-2H3,(H,24,25)(H,26,27). The van der Waals surface area contributed by atoms with E-state index in [4.69, 9.17) is 4.74 Å². The number of aliphatic carboxylic acids is 1. The number of aromatic nitrogens is 1. The molecule has 2 aromatic carbocycles. The van der Waals surface area contributed by atoms with Gasteiger partial charge in [0.1, 0.15) is 11.8 Å². The van der Waals surface area contributed by atoms with Crippen molar-refractivity contribution in [3.8, 4) is 5.75 Å². The number of carboxylic acids is 1. The molecule has 0 bridgehead atoms. The molecular weight excluding hydrogens is 356 g/mol. The summed E-state index contributed by atoms with van der Waals surface area (Å²) in [5.74, 6) is -0.656. The van der Waals surface area contributed by atoms with Crippen LogP contribution in [0.4, 0.5) is 0 Å². The first-order chi connectivity index (χ1) is 13.5. The summed E-state index contributed by atoms with van der Waals surface area (Å²) in [5.41, 5.74) is 2.78. The van der Waals surface area contributed by atoms with E-state index in [9.17, 15) is 14.7 Å². The number of nitrogens with one attached hydrogen (secondary N) is 2. The molecule has 0 saturated heterocycles. The van der Waals surface area contributed by atoms with Crippen LogP contribution in [0.2, 0.25) is 0 Å². The summed E-state index contributed by atoms with van der Waals surface area (Å²) in [4.78, 5) is 27.1. The number of hydrogen-bond acceptors (Lipinski definition) is 3. The number of benzene rings is 2. The molecule has 0 aliphatic carbocycles. The smallest absolute Gasteiger partial charge is 0.326 e. The lowest BCUT2D eigenvalue weighted by molar-refractivity contribution is -0.142. The molecule has 0 saturated carbocycles. The number of rotatable bonds is 8. The molecule has 0 aliphatic heterocycles. The number of H-pyrrole nitrogens is 1. The van der Waals surface area contributed by atoms with Gasteiger partial charge in [0.25, 0.3) is 5.91 Å². The zero-order valence-corrected chi connectivity index (χ0v) is 15.9. The summed E-state index contributed by atoms with van der Waals surface area (Å²) in [7, 11) is 0. The quantitative estimate of drug-likeness (QED) is 0.558. The van der Waals surface area contributed by atoms with Crippen LogP contribution in [0, 0.1) is 0 Å². The van der Waals surface area contributed by atoms with Gasteiger partial charge in [0.05, 0.1) is 0 Å². The van der Waals surface area contributed by atoms with Crippen molar-refractivity contribution < 1.29 is 19.4 Å². The first-order valence-electron chi connectivity index (χ1n) is 9.24. The molecule has 6 heteroatoms. The molecule has 0 fully saturated rings. The van der Waals surface area contributed by atoms with Crippen LogP contribution in [0.15, 0.2) is 54.7 Å². The zero-order chi connectivity index (χ0) is 20.1. The SMILES string of the molecule is CC(C)c1ccccc1OCC(=O)NC(Cc1c[nH]c2ccccc12)C(=O)O. The molecule has 0 aliphatic rings. The number of ether oxygens (including phenoxy) is 1. The minimum atomic E-state index is -1.08. The fraction of sp³-hybridized carbons (Fsp3) is 0.273. The third-order valence-electron chi connectivity index (χ3n) is 4.63. The first kappa shape index (κ1) is 19.5. The van der Waals surface area contributed by atoms with E-state index in [1.165, 1.54) is 0 Å². The molecule has 1 amide bonds. The molecule has 28 heavy (non-hydrogen) atoms. The number of para-hydroxylation sites is 2. The number of aromatic amines is 1. The molecular formula is C22H24N2O4. The van der Waals surface area contributed by atoms with Gasteiger partial charge in [-0.1, -0.05) is 50.2 Å².